The lowest BCUT2D eigenvalue weighted by molar-refractivity contribution is -0.137. The molecule has 0 amide bonds. The molecule has 1 fully saturated rings. The van der Waals surface area contributed by atoms with Crippen molar-refractivity contribution in [2.45, 2.75) is 45.1 Å². The summed E-state index contributed by atoms with van der Waals surface area (Å²) in [5.74, 6) is 0.105. The van der Waals surface area contributed by atoms with E-state index in [1.165, 1.54) is 29.9 Å². The van der Waals surface area contributed by atoms with Crippen molar-refractivity contribution in [1.82, 2.24) is 25.5 Å². The zero-order valence-corrected chi connectivity index (χ0v) is 21.9. The second-order valence-corrected chi connectivity index (χ2v) is 9.88. The first-order chi connectivity index (χ1) is 19.2. The lowest BCUT2D eigenvalue weighted by Crippen LogP contribution is -2.57. The van der Waals surface area contributed by atoms with Gasteiger partial charge in [0.1, 0.15) is 5.82 Å². The molecule has 0 saturated carbocycles. The molecule has 2 N–H and O–H groups in total. The Bertz CT molecular complexity index is 1480. The lowest BCUT2D eigenvalue weighted by Gasteiger charge is -2.45. The number of fused-ring (bicyclic) bond motifs is 1. The molecule has 7 nitrogen and oxygen atoms in total. The number of anilines is 2. The van der Waals surface area contributed by atoms with Crippen LogP contribution in [0.25, 0.3) is 22.0 Å². The van der Waals surface area contributed by atoms with Crippen molar-refractivity contribution in [3.63, 3.8) is 0 Å². The summed E-state index contributed by atoms with van der Waals surface area (Å²) in [6, 6.07) is 11.8. The van der Waals surface area contributed by atoms with Gasteiger partial charge in [-0.15, -0.1) is 4.48 Å². The molecule has 0 aliphatic carbocycles. The van der Waals surface area contributed by atoms with E-state index in [1.54, 1.807) is 24.4 Å². The maximum Gasteiger partial charge on any atom is 0.417 e. The van der Waals surface area contributed by atoms with Crippen LogP contribution in [0, 0.1) is 5.82 Å². The van der Waals surface area contributed by atoms with Crippen LogP contribution < -0.4 is 16.0 Å². The van der Waals surface area contributed by atoms with Crippen molar-refractivity contribution in [2.75, 3.05) is 23.4 Å². The highest BCUT2D eigenvalue weighted by Crippen LogP contribution is 2.34. The third kappa shape index (κ3) is 5.82. The van der Waals surface area contributed by atoms with Gasteiger partial charge in [0.05, 0.1) is 22.5 Å². The Balaban J connectivity index is 1.40. The van der Waals surface area contributed by atoms with Gasteiger partial charge in [-0.2, -0.15) is 13.2 Å². The second kappa shape index (κ2) is 11.3. The number of benzene rings is 2. The molecule has 40 heavy (non-hydrogen) atoms. The van der Waals surface area contributed by atoms with Crippen LogP contribution >= 0.6 is 0 Å². The molecule has 4 aromatic rings. The average molecular weight is 558 g/mol. The maximum absolute atomic E-state index is 13.6. The molecule has 1 aliphatic rings. The van der Waals surface area contributed by atoms with Crippen LogP contribution in [-0.4, -0.2) is 45.0 Å². The van der Waals surface area contributed by atoms with Gasteiger partial charge in [0.25, 0.3) is 0 Å². The van der Waals surface area contributed by atoms with Crippen LogP contribution in [0.15, 0.2) is 60.9 Å². The summed E-state index contributed by atoms with van der Waals surface area (Å²) in [4.78, 5) is 17.9. The smallest absolute Gasteiger partial charge is 0.335 e. The molecule has 1 saturated heterocycles. The predicted octanol–water partition coefficient (Wildman–Crippen LogP) is 6.14. The third-order valence-corrected chi connectivity index (χ3v) is 7.25. The van der Waals surface area contributed by atoms with Crippen molar-refractivity contribution in [3.8, 4) is 11.1 Å². The van der Waals surface area contributed by atoms with E-state index in [0.29, 0.717) is 48.1 Å². The van der Waals surface area contributed by atoms with Gasteiger partial charge in [-0.25, -0.2) is 14.4 Å². The Morgan fingerprint density at radius 1 is 1.00 bits per heavy atom. The maximum atomic E-state index is 13.6. The van der Waals surface area contributed by atoms with Crippen LogP contribution in [-0.2, 0) is 12.7 Å². The van der Waals surface area contributed by atoms with Crippen LogP contribution in [0.2, 0.25) is 0 Å². The molecule has 12 heteroatoms. The van der Waals surface area contributed by atoms with Gasteiger partial charge >= 0.3 is 6.18 Å². The highest BCUT2D eigenvalue weighted by Gasteiger charge is 2.35. The highest BCUT2D eigenvalue weighted by atomic mass is 19.4. The number of nitrogens with zero attached hydrogens (tertiary/aromatic N) is 5. The van der Waals surface area contributed by atoms with Crippen LogP contribution in [0.1, 0.15) is 31.5 Å². The molecule has 5 rings (SSSR count). The first kappa shape index (κ1) is 27.7. The highest BCUT2D eigenvalue weighted by molar-refractivity contribution is 5.82. The van der Waals surface area contributed by atoms with Crippen LogP contribution in [0.5, 0.6) is 0 Å². The zero-order chi connectivity index (χ0) is 28.4. The first-order valence-electron chi connectivity index (χ1n) is 12.9. The van der Waals surface area contributed by atoms with Crippen molar-refractivity contribution < 1.29 is 22.0 Å². The molecule has 2 atom stereocenters. The lowest BCUT2D eigenvalue weighted by atomic mass is 9.99. The van der Waals surface area contributed by atoms with Crippen molar-refractivity contribution >= 4 is 22.5 Å². The van der Waals surface area contributed by atoms with Gasteiger partial charge in [-0.05, 0) is 55.3 Å². The predicted molar refractivity (Wildman–Crippen MR) is 143 cm³/mol. The summed E-state index contributed by atoms with van der Waals surface area (Å²) in [5.41, 5.74) is 5.49. The number of piperazine rings is 1. The molecular formula is C28H28F5N7. The number of halogens is 5. The molecule has 2 aromatic carbocycles. The number of hydrogen-bond donors (Lipinski definition) is 2. The normalized spacial score (nSPS) is 18.3. The average Bonchev–Trinajstić information content (AvgIpc) is 2.93. The van der Waals surface area contributed by atoms with Gasteiger partial charge in [0, 0.05) is 55.1 Å². The molecule has 0 radical (unpaired) electrons. The van der Waals surface area contributed by atoms with E-state index < -0.39 is 17.6 Å². The number of aromatic nitrogens is 3. The fourth-order valence-corrected chi connectivity index (χ4v) is 5.11. The number of hydrogen-bond acceptors (Lipinski definition) is 7. The number of nitrogens with one attached hydrogen (secondary N) is 2. The minimum atomic E-state index is -4.55. The standard InChI is InChI=1S/C28H28F5N7/c1-3-23-15-40(27-35-12-19-10-22(37-38-33)8-9-25(19)36-27)17(2)14-39(23)16-26-24(18-4-6-21(29)7-5-18)11-20(13-34-26)28(30,31)32/h4-13,17,23,37-38H,3,14-16H2,1-2H3/t17-,23+/m0/s1. The van der Waals surface area contributed by atoms with E-state index in [0.717, 1.165) is 29.6 Å². The van der Waals surface area contributed by atoms with Gasteiger partial charge < -0.3 is 4.90 Å². The monoisotopic (exact) mass is 557 g/mol. The van der Waals surface area contributed by atoms with Crippen LogP contribution in [0.3, 0.4) is 0 Å². The summed E-state index contributed by atoms with van der Waals surface area (Å²) < 4.78 is 66.5. The molecule has 2 aromatic heterocycles. The Labute approximate surface area is 228 Å². The second-order valence-electron chi connectivity index (χ2n) is 9.88. The molecule has 210 valence electrons. The van der Waals surface area contributed by atoms with E-state index in [-0.39, 0.29) is 12.1 Å². The van der Waals surface area contributed by atoms with Crippen LogP contribution in [0.4, 0.5) is 33.7 Å². The SMILES string of the molecule is CC[C@@H]1CN(c2ncc3cc(NNF)ccc3n2)[C@@H](C)CN1Cc1ncc(C(F)(F)F)cc1-c1ccc(F)cc1. The Hall–Kier alpha value is -3.90. The largest absolute Gasteiger partial charge is 0.417 e. The molecule has 0 spiro atoms. The van der Waals surface area contributed by atoms with Gasteiger partial charge in [0.2, 0.25) is 5.95 Å². The summed E-state index contributed by atoms with van der Waals surface area (Å²) in [6.07, 6.45) is -1.21. The minimum absolute atomic E-state index is 0.000599. The molecule has 3 heterocycles. The summed E-state index contributed by atoms with van der Waals surface area (Å²) in [5, 5.41) is 0.754. The van der Waals surface area contributed by atoms with E-state index in [2.05, 4.69) is 32.1 Å². The fourth-order valence-electron chi connectivity index (χ4n) is 5.11. The van der Waals surface area contributed by atoms with Crippen molar-refractivity contribution in [3.05, 3.63) is 78.0 Å². The summed E-state index contributed by atoms with van der Waals surface area (Å²) in [7, 11) is 0. The minimum Gasteiger partial charge on any atom is -0.335 e. The van der Waals surface area contributed by atoms with Gasteiger partial charge in [0.15, 0.2) is 0 Å². The van der Waals surface area contributed by atoms with Crippen molar-refractivity contribution in [2.24, 2.45) is 0 Å². The van der Waals surface area contributed by atoms with Gasteiger partial charge in [-0.1, -0.05) is 24.7 Å². The number of alkyl halides is 3. The first-order valence-corrected chi connectivity index (χ1v) is 12.9. The van der Waals surface area contributed by atoms with Crippen molar-refractivity contribution in [1.29, 1.82) is 0 Å². The summed E-state index contributed by atoms with van der Waals surface area (Å²) >= 11 is 0. The Morgan fingerprint density at radius 2 is 1.77 bits per heavy atom. The molecule has 0 unspecified atom stereocenters. The number of pyridine rings is 1. The molecular weight excluding hydrogens is 529 g/mol. The molecule has 1 aliphatic heterocycles. The van der Waals surface area contributed by atoms with E-state index in [1.807, 2.05) is 6.92 Å². The fraction of sp³-hybridized carbons (Fsp3) is 0.321. The third-order valence-electron chi connectivity index (χ3n) is 7.25. The quantitative estimate of drug-likeness (QED) is 0.161. The number of hydrazine groups is 1. The van der Waals surface area contributed by atoms with Gasteiger partial charge in [-0.3, -0.25) is 15.3 Å². The Morgan fingerprint density at radius 3 is 2.48 bits per heavy atom. The topological polar surface area (TPSA) is 69.2 Å². The molecule has 0 bridgehead atoms. The van der Waals surface area contributed by atoms with E-state index in [9.17, 15) is 22.0 Å². The number of rotatable bonds is 7. The Kier molecular flexibility index (Phi) is 7.81. The van der Waals surface area contributed by atoms with E-state index in [4.69, 9.17) is 4.98 Å². The zero-order valence-electron chi connectivity index (χ0n) is 21.9. The van der Waals surface area contributed by atoms with E-state index >= 15 is 0 Å². The summed E-state index contributed by atoms with van der Waals surface area (Å²) in [6.45, 7) is 5.66.